The standard InChI is InChI=1S/C21H31N3O2/c1-21(2)18(17-11-14-25-19(17)21)23-20(22-3)24-12-9-16(10-13-24)26-15-7-5-4-6-8-15/h4-8,16-19H,9-14H2,1-3H3,(H,22,23). The van der Waals surface area contributed by atoms with Gasteiger partial charge in [-0.3, -0.25) is 4.99 Å². The summed E-state index contributed by atoms with van der Waals surface area (Å²) < 4.78 is 12.0. The van der Waals surface area contributed by atoms with E-state index < -0.39 is 0 Å². The fourth-order valence-electron chi connectivity index (χ4n) is 4.93. The normalized spacial score (nSPS) is 31.3. The van der Waals surface area contributed by atoms with Crippen LogP contribution in [0.1, 0.15) is 33.1 Å². The van der Waals surface area contributed by atoms with Gasteiger partial charge in [-0.2, -0.15) is 0 Å². The number of guanidine groups is 1. The molecule has 0 radical (unpaired) electrons. The van der Waals surface area contributed by atoms with Gasteiger partial charge in [0.15, 0.2) is 5.96 Å². The molecule has 5 nitrogen and oxygen atoms in total. The van der Waals surface area contributed by atoms with Crippen LogP contribution in [0.2, 0.25) is 0 Å². The lowest BCUT2D eigenvalue weighted by atomic mass is 9.57. The molecular weight excluding hydrogens is 326 g/mol. The Kier molecular flexibility index (Phi) is 4.82. The van der Waals surface area contributed by atoms with E-state index in [0.717, 1.165) is 50.7 Å². The number of nitrogens with zero attached hydrogens (tertiary/aromatic N) is 2. The molecule has 26 heavy (non-hydrogen) atoms. The van der Waals surface area contributed by atoms with Crippen molar-refractivity contribution in [3.8, 4) is 5.75 Å². The summed E-state index contributed by atoms with van der Waals surface area (Å²) in [5, 5.41) is 3.75. The summed E-state index contributed by atoms with van der Waals surface area (Å²) in [6, 6.07) is 10.6. The van der Waals surface area contributed by atoms with E-state index in [1.807, 2.05) is 37.4 Å². The number of hydrogen-bond donors (Lipinski definition) is 1. The zero-order valence-corrected chi connectivity index (χ0v) is 16.1. The number of para-hydroxylation sites is 1. The molecule has 3 aliphatic rings. The molecular formula is C21H31N3O2. The van der Waals surface area contributed by atoms with Crippen LogP contribution in [0.25, 0.3) is 0 Å². The summed E-state index contributed by atoms with van der Waals surface area (Å²) >= 11 is 0. The van der Waals surface area contributed by atoms with Crippen LogP contribution in [0.15, 0.2) is 35.3 Å². The van der Waals surface area contributed by atoms with Gasteiger partial charge in [0.2, 0.25) is 0 Å². The second-order valence-corrected chi connectivity index (χ2v) is 8.35. The van der Waals surface area contributed by atoms with Crippen molar-refractivity contribution in [2.45, 2.75) is 51.4 Å². The van der Waals surface area contributed by atoms with Crippen LogP contribution in [0.4, 0.5) is 0 Å². The van der Waals surface area contributed by atoms with Crippen LogP contribution < -0.4 is 10.1 Å². The Morgan fingerprint density at radius 2 is 1.92 bits per heavy atom. The Hall–Kier alpha value is -1.75. The van der Waals surface area contributed by atoms with Crippen molar-refractivity contribution in [1.82, 2.24) is 10.2 Å². The molecule has 1 aliphatic carbocycles. The van der Waals surface area contributed by atoms with Crippen LogP contribution >= 0.6 is 0 Å². The molecule has 3 unspecified atom stereocenters. The zero-order valence-electron chi connectivity index (χ0n) is 16.1. The molecule has 2 saturated heterocycles. The molecule has 3 fully saturated rings. The van der Waals surface area contributed by atoms with Gasteiger partial charge in [-0.05, 0) is 18.6 Å². The lowest BCUT2D eigenvalue weighted by molar-refractivity contribution is -0.107. The SMILES string of the molecule is CN=C(NC1C2CCOC2C1(C)C)N1CCC(Oc2ccccc2)CC1. The van der Waals surface area contributed by atoms with Gasteiger partial charge in [0.05, 0.1) is 6.10 Å². The third-order valence-corrected chi connectivity index (χ3v) is 6.38. The fraction of sp³-hybridized carbons (Fsp3) is 0.667. The van der Waals surface area contributed by atoms with E-state index in [1.54, 1.807) is 0 Å². The van der Waals surface area contributed by atoms with Crippen molar-refractivity contribution in [1.29, 1.82) is 0 Å². The number of benzene rings is 1. The van der Waals surface area contributed by atoms with E-state index in [-0.39, 0.29) is 5.41 Å². The zero-order chi connectivity index (χ0) is 18.1. The lowest BCUT2D eigenvalue weighted by Crippen LogP contribution is -2.68. The molecule has 1 aromatic rings. The molecule has 1 saturated carbocycles. The molecule has 1 aromatic carbocycles. The second kappa shape index (κ2) is 7.10. The van der Waals surface area contributed by atoms with Crippen molar-refractivity contribution in [3.05, 3.63) is 30.3 Å². The molecule has 4 rings (SSSR count). The first-order valence-corrected chi connectivity index (χ1v) is 9.91. The number of piperidine rings is 1. The molecule has 2 heterocycles. The maximum atomic E-state index is 6.12. The van der Waals surface area contributed by atoms with E-state index in [9.17, 15) is 0 Å². The Balaban J connectivity index is 1.32. The molecule has 0 bridgehead atoms. The largest absolute Gasteiger partial charge is 0.490 e. The highest BCUT2D eigenvalue weighted by Gasteiger charge is 2.59. The predicted molar refractivity (Wildman–Crippen MR) is 104 cm³/mol. The number of aliphatic imine (C=N–C) groups is 1. The number of rotatable bonds is 3. The number of ether oxygens (including phenoxy) is 2. The lowest BCUT2D eigenvalue weighted by Gasteiger charge is -2.55. The van der Waals surface area contributed by atoms with Crippen molar-refractivity contribution < 1.29 is 9.47 Å². The Bertz CT molecular complexity index is 638. The number of hydrogen-bond acceptors (Lipinski definition) is 3. The Morgan fingerprint density at radius 1 is 1.19 bits per heavy atom. The van der Waals surface area contributed by atoms with Gasteiger partial charge >= 0.3 is 0 Å². The number of nitrogens with one attached hydrogen (secondary N) is 1. The monoisotopic (exact) mass is 357 g/mol. The van der Waals surface area contributed by atoms with Gasteiger partial charge in [-0.1, -0.05) is 32.0 Å². The molecule has 0 aromatic heterocycles. The molecule has 0 amide bonds. The number of fused-ring (bicyclic) bond motifs is 1. The summed E-state index contributed by atoms with van der Waals surface area (Å²) in [5.41, 5.74) is 0.172. The van der Waals surface area contributed by atoms with Gasteiger partial charge in [0.25, 0.3) is 0 Å². The highest BCUT2D eigenvalue weighted by atomic mass is 16.5. The Morgan fingerprint density at radius 3 is 2.62 bits per heavy atom. The smallest absolute Gasteiger partial charge is 0.193 e. The average Bonchev–Trinajstić information content (AvgIpc) is 3.11. The van der Waals surface area contributed by atoms with Crippen molar-refractivity contribution in [2.24, 2.45) is 16.3 Å². The molecule has 142 valence electrons. The molecule has 0 spiro atoms. The van der Waals surface area contributed by atoms with Crippen LogP contribution in [-0.2, 0) is 4.74 Å². The van der Waals surface area contributed by atoms with Crippen LogP contribution in [0.3, 0.4) is 0 Å². The van der Waals surface area contributed by atoms with E-state index in [0.29, 0.717) is 24.2 Å². The third-order valence-electron chi connectivity index (χ3n) is 6.38. The predicted octanol–water partition coefficient (Wildman–Crippen LogP) is 2.92. The highest BCUT2D eigenvalue weighted by molar-refractivity contribution is 5.80. The molecule has 5 heteroatoms. The second-order valence-electron chi connectivity index (χ2n) is 8.35. The minimum absolute atomic E-state index is 0.172. The summed E-state index contributed by atoms with van der Waals surface area (Å²) in [5.74, 6) is 2.63. The van der Waals surface area contributed by atoms with Gasteiger partial charge in [0.1, 0.15) is 11.9 Å². The van der Waals surface area contributed by atoms with E-state index in [4.69, 9.17) is 9.47 Å². The first kappa shape index (κ1) is 17.7. The van der Waals surface area contributed by atoms with Crippen molar-refractivity contribution in [3.63, 3.8) is 0 Å². The van der Waals surface area contributed by atoms with Crippen molar-refractivity contribution >= 4 is 5.96 Å². The van der Waals surface area contributed by atoms with Gasteiger partial charge in [0, 0.05) is 57.0 Å². The third kappa shape index (κ3) is 3.18. The van der Waals surface area contributed by atoms with E-state index in [2.05, 4.69) is 29.1 Å². The van der Waals surface area contributed by atoms with Crippen molar-refractivity contribution in [2.75, 3.05) is 26.7 Å². The minimum Gasteiger partial charge on any atom is -0.490 e. The topological polar surface area (TPSA) is 46.1 Å². The van der Waals surface area contributed by atoms with Crippen LogP contribution in [0.5, 0.6) is 5.75 Å². The summed E-state index contributed by atoms with van der Waals surface area (Å²) in [6.45, 7) is 7.48. The highest BCUT2D eigenvalue weighted by Crippen LogP contribution is 2.52. The Labute approximate surface area is 156 Å². The molecule has 1 N–H and O–H groups in total. The van der Waals surface area contributed by atoms with Gasteiger partial charge < -0.3 is 19.7 Å². The maximum absolute atomic E-state index is 6.12. The van der Waals surface area contributed by atoms with E-state index >= 15 is 0 Å². The average molecular weight is 357 g/mol. The molecule has 3 atom stereocenters. The van der Waals surface area contributed by atoms with Crippen LogP contribution in [0, 0.1) is 11.3 Å². The molecule has 2 aliphatic heterocycles. The van der Waals surface area contributed by atoms with Gasteiger partial charge in [-0.25, -0.2) is 0 Å². The first-order chi connectivity index (χ1) is 12.6. The van der Waals surface area contributed by atoms with E-state index in [1.165, 1.54) is 0 Å². The first-order valence-electron chi connectivity index (χ1n) is 9.91. The fourth-order valence-corrected chi connectivity index (χ4v) is 4.93. The summed E-state index contributed by atoms with van der Waals surface area (Å²) in [7, 11) is 1.89. The summed E-state index contributed by atoms with van der Waals surface area (Å²) in [6.07, 6.45) is 3.91. The number of likely N-dealkylation sites (tertiary alicyclic amines) is 1. The van der Waals surface area contributed by atoms with Crippen LogP contribution in [-0.4, -0.2) is 55.9 Å². The summed E-state index contributed by atoms with van der Waals surface area (Å²) in [4.78, 5) is 6.95. The van der Waals surface area contributed by atoms with Gasteiger partial charge in [-0.15, -0.1) is 0 Å². The minimum atomic E-state index is 0.172. The quantitative estimate of drug-likeness (QED) is 0.667. The maximum Gasteiger partial charge on any atom is 0.193 e.